The van der Waals surface area contributed by atoms with E-state index in [1.54, 1.807) is 0 Å². The van der Waals surface area contributed by atoms with Crippen LogP contribution in [-0.2, 0) is 0 Å². The Bertz CT molecular complexity index is 391. The third kappa shape index (κ3) is 7.27. The van der Waals surface area contributed by atoms with Crippen molar-refractivity contribution >= 4 is 6.29 Å². The molecule has 0 radical (unpaired) electrons. The molecule has 1 nitrogen and oxygen atoms in total. The first-order valence-corrected chi connectivity index (χ1v) is 8.47. The molecule has 0 aliphatic rings. The molecular weight excluding hydrogens is 256 g/mol. The number of rotatable bonds is 12. The zero-order chi connectivity index (χ0) is 15.3. The fourth-order valence-electron chi connectivity index (χ4n) is 2.82. The van der Waals surface area contributed by atoms with Gasteiger partial charge in [-0.25, -0.2) is 0 Å². The Morgan fingerprint density at radius 3 is 2.19 bits per heavy atom. The summed E-state index contributed by atoms with van der Waals surface area (Å²) in [7, 11) is 0. The molecule has 0 N–H and O–H groups in total. The van der Waals surface area contributed by atoms with E-state index in [-0.39, 0.29) is 0 Å². The van der Waals surface area contributed by atoms with Crippen LogP contribution in [0.5, 0.6) is 0 Å². The largest absolute Gasteiger partial charge is 0.298 e. The minimum atomic E-state index is 0.554. The molecular formula is C20H30O. The number of hydrogen-bond donors (Lipinski definition) is 0. The molecule has 0 aromatic heterocycles. The summed E-state index contributed by atoms with van der Waals surface area (Å²) in [6, 6.07) is 8.03. The van der Waals surface area contributed by atoms with E-state index in [9.17, 15) is 4.79 Å². The highest BCUT2D eigenvalue weighted by molar-refractivity contribution is 5.74. The number of aldehydes is 1. The van der Waals surface area contributed by atoms with Gasteiger partial charge in [-0.2, -0.15) is 0 Å². The molecule has 0 bridgehead atoms. The Morgan fingerprint density at radius 2 is 1.62 bits per heavy atom. The summed E-state index contributed by atoms with van der Waals surface area (Å²) in [6.07, 6.45) is 14.6. The summed E-state index contributed by atoms with van der Waals surface area (Å²) >= 11 is 0. The summed E-state index contributed by atoms with van der Waals surface area (Å²) in [5.74, 6) is 0.554. The fraction of sp³-hybridized carbons (Fsp3) is 0.550. The molecule has 1 unspecified atom stereocenters. The van der Waals surface area contributed by atoms with Crippen molar-refractivity contribution in [3.63, 3.8) is 0 Å². The van der Waals surface area contributed by atoms with Gasteiger partial charge in [0, 0.05) is 5.56 Å². The first kappa shape index (κ1) is 17.7. The highest BCUT2D eigenvalue weighted by atomic mass is 16.1. The van der Waals surface area contributed by atoms with Crippen molar-refractivity contribution in [3.8, 4) is 0 Å². The number of allylic oxidation sites excluding steroid dienone is 1. The van der Waals surface area contributed by atoms with Gasteiger partial charge in [0.1, 0.15) is 6.29 Å². The zero-order valence-electron chi connectivity index (χ0n) is 13.5. The van der Waals surface area contributed by atoms with Crippen molar-refractivity contribution < 1.29 is 4.79 Å². The minimum Gasteiger partial charge on any atom is -0.298 e. The van der Waals surface area contributed by atoms with Crippen LogP contribution < -0.4 is 0 Å². The minimum absolute atomic E-state index is 0.554. The van der Waals surface area contributed by atoms with Crippen LogP contribution in [0.4, 0.5) is 0 Å². The molecule has 1 heteroatoms. The number of carbonyl (C=O) groups excluding carboxylic acids is 1. The topological polar surface area (TPSA) is 17.1 Å². The standard InChI is InChI=1S/C20H30O/c1-3-5-6-7-8-9-10-12-19(11-4-2)20-15-13-18(17-21)14-16-20/h4,13-17,19H,2-3,5-12H2,1H3. The van der Waals surface area contributed by atoms with Crippen LogP contribution >= 0.6 is 0 Å². The van der Waals surface area contributed by atoms with Gasteiger partial charge in [-0.05, 0) is 24.3 Å². The van der Waals surface area contributed by atoms with Gasteiger partial charge >= 0.3 is 0 Å². The van der Waals surface area contributed by atoms with Gasteiger partial charge < -0.3 is 0 Å². The monoisotopic (exact) mass is 286 g/mol. The molecule has 1 aromatic carbocycles. The molecule has 1 rings (SSSR count). The van der Waals surface area contributed by atoms with Crippen LogP contribution in [0.15, 0.2) is 36.9 Å². The number of carbonyl (C=O) groups is 1. The molecule has 116 valence electrons. The lowest BCUT2D eigenvalue weighted by molar-refractivity contribution is 0.112. The maximum Gasteiger partial charge on any atom is 0.150 e. The maximum absolute atomic E-state index is 10.7. The van der Waals surface area contributed by atoms with Crippen molar-refractivity contribution in [1.82, 2.24) is 0 Å². The molecule has 1 atom stereocenters. The maximum atomic E-state index is 10.7. The quantitative estimate of drug-likeness (QED) is 0.250. The van der Waals surface area contributed by atoms with E-state index in [2.05, 4.69) is 25.6 Å². The average molecular weight is 286 g/mol. The van der Waals surface area contributed by atoms with Gasteiger partial charge in [-0.3, -0.25) is 4.79 Å². The van der Waals surface area contributed by atoms with Crippen LogP contribution in [0.2, 0.25) is 0 Å². The first-order chi connectivity index (χ1) is 10.3. The van der Waals surface area contributed by atoms with Gasteiger partial charge in [-0.1, -0.05) is 82.2 Å². The van der Waals surface area contributed by atoms with Crippen LogP contribution in [0.3, 0.4) is 0 Å². The fourth-order valence-corrected chi connectivity index (χ4v) is 2.82. The Labute approximate surface area is 130 Å². The van der Waals surface area contributed by atoms with Gasteiger partial charge in [0.15, 0.2) is 0 Å². The normalized spacial score (nSPS) is 12.0. The van der Waals surface area contributed by atoms with E-state index in [1.807, 2.05) is 18.2 Å². The average Bonchev–Trinajstić information content (AvgIpc) is 2.53. The SMILES string of the molecule is C=CCC(CCCCCCCCC)c1ccc(C=O)cc1. The summed E-state index contributed by atoms with van der Waals surface area (Å²) in [6.45, 7) is 6.14. The van der Waals surface area contributed by atoms with Crippen LogP contribution in [0.1, 0.15) is 86.6 Å². The molecule has 0 saturated carbocycles. The molecule has 0 saturated heterocycles. The first-order valence-electron chi connectivity index (χ1n) is 8.47. The second-order valence-electron chi connectivity index (χ2n) is 5.92. The third-order valence-corrected chi connectivity index (χ3v) is 4.15. The van der Waals surface area contributed by atoms with Crippen LogP contribution in [-0.4, -0.2) is 6.29 Å². The van der Waals surface area contributed by atoms with Gasteiger partial charge in [0.25, 0.3) is 0 Å². The van der Waals surface area contributed by atoms with E-state index in [1.165, 1.54) is 56.9 Å². The van der Waals surface area contributed by atoms with E-state index in [0.717, 1.165) is 18.3 Å². The summed E-state index contributed by atoms with van der Waals surface area (Å²) in [4.78, 5) is 10.7. The summed E-state index contributed by atoms with van der Waals surface area (Å²) < 4.78 is 0. The van der Waals surface area contributed by atoms with Crippen LogP contribution in [0.25, 0.3) is 0 Å². The van der Waals surface area contributed by atoms with Crippen molar-refractivity contribution in [2.75, 3.05) is 0 Å². The molecule has 0 spiro atoms. The second-order valence-corrected chi connectivity index (χ2v) is 5.92. The molecule has 0 fully saturated rings. The lowest BCUT2D eigenvalue weighted by atomic mass is 9.89. The second kappa shape index (κ2) is 11.3. The van der Waals surface area contributed by atoms with E-state index in [0.29, 0.717) is 5.92 Å². The van der Waals surface area contributed by atoms with Crippen molar-refractivity contribution in [2.45, 2.75) is 70.6 Å². The molecule has 0 aliphatic carbocycles. The predicted molar refractivity (Wildman–Crippen MR) is 92.0 cm³/mol. The Hall–Kier alpha value is -1.37. The summed E-state index contributed by atoms with van der Waals surface area (Å²) in [5, 5.41) is 0. The molecule has 0 aliphatic heterocycles. The van der Waals surface area contributed by atoms with Gasteiger partial charge in [0.2, 0.25) is 0 Å². The highest BCUT2D eigenvalue weighted by Crippen LogP contribution is 2.26. The molecule has 0 amide bonds. The molecule has 0 heterocycles. The Balaban J connectivity index is 2.35. The van der Waals surface area contributed by atoms with Crippen molar-refractivity contribution in [2.24, 2.45) is 0 Å². The Morgan fingerprint density at radius 1 is 1.00 bits per heavy atom. The lowest BCUT2D eigenvalue weighted by Crippen LogP contribution is -1.98. The number of benzene rings is 1. The predicted octanol–water partition coefficient (Wildman–Crippen LogP) is 6.30. The lowest BCUT2D eigenvalue weighted by Gasteiger charge is -2.15. The number of unbranched alkanes of at least 4 members (excludes halogenated alkanes) is 6. The Kier molecular flexibility index (Phi) is 9.52. The number of hydrogen-bond acceptors (Lipinski definition) is 1. The third-order valence-electron chi connectivity index (χ3n) is 4.15. The highest BCUT2D eigenvalue weighted by Gasteiger charge is 2.09. The van der Waals surface area contributed by atoms with Gasteiger partial charge in [-0.15, -0.1) is 6.58 Å². The van der Waals surface area contributed by atoms with Crippen LogP contribution in [0, 0.1) is 0 Å². The van der Waals surface area contributed by atoms with Gasteiger partial charge in [0.05, 0.1) is 0 Å². The smallest absolute Gasteiger partial charge is 0.150 e. The zero-order valence-corrected chi connectivity index (χ0v) is 13.5. The van der Waals surface area contributed by atoms with Crippen molar-refractivity contribution in [1.29, 1.82) is 0 Å². The van der Waals surface area contributed by atoms with E-state index >= 15 is 0 Å². The molecule has 21 heavy (non-hydrogen) atoms. The molecule has 1 aromatic rings. The summed E-state index contributed by atoms with van der Waals surface area (Å²) in [5.41, 5.74) is 2.10. The van der Waals surface area contributed by atoms with E-state index in [4.69, 9.17) is 0 Å². The van der Waals surface area contributed by atoms with E-state index < -0.39 is 0 Å². The van der Waals surface area contributed by atoms with Crippen molar-refractivity contribution in [3.05, 3.63) is 48.0 Å².